The smallest absolute Gasteiger partial charge is 0.258 e. The number of thiophene rings is 1. The van der Waals surface area contributed by atoms with Crippen molar-refractivity contribution in [1.29, 1.82) is 0 Å². The lowest BCUT2D eigenvalue weighted by molar-refractivity contribution is -0.131. The van der Waals surface area contributed by atoms with Gasteiger partial charge in [-0.3, -0.25) is 9.59 Å². The molecule has 0 saturated carbocycles. The molecule has 2 amide bonds. The van der Waals surface area contributed by atoms with Crippen molar-refractivity contribution in [3.05, 3.63) is 52.7 Å². The SMILES string of the molecule is CC(NC(=O)C(NC(=O)COc1ccccc1)C(C)C)c1cccs1. The van der Waals surface area contributed by atoms with E-state index in [4.69, 9.17) is 4.74 Å². The fraction of sp³-hybridized carbons (Fsp3) is 0.368. The summed E-state index contributed by atoms with van der Waals surface area (Å²) in [5, 5.41) is 7.70. The second kappa shape index (κ2) is 9.22. The molecule has 6 heteroatoms. The molecule has 1 aromatic heterocycles. The number of ether oxygens (including phenoxy) is 1. The van der Waals surface area contributed by atoms with Crippen molar-refractivity contribution in [3.8, 4) is 5.75 Å². The number of amides is 2. The van der Waals surface area contributed by atoms with Gasteiger partial charge in [0.1, 0.15) is 11.8 Å². The van der Waals surface area contributed by atoms with E-state index in [2.05, 4.69) is 10.6 Å². The van der Waals surface area contributed by atoms with E-state index in [9.17, 15) is 9.59 Å². The van der Waals surface area contributed by atoms with Crippen LogP contribution in [0.15, 0.2) is 47.8 Å². The van der Waals surface area contributed by atoms with Gasteiger partial charge in [-0.25, -0.2) is 0 Å². The maximum absolute atomic E-state index is 12.5. The van der Waals surface area contributed by atoms with Crippen LogP contribution in [0.3, 0.4) is 0 Å². The normalized spacial score (nSPS) is 13.1. The molecule has 2 unspecified atom stereocenters. The highest BCUT2D eigenvalue weighted by molar-refractivity contribution is 7.10. The quantitative estimate of drug-likeness (QED) is 0.760. The maximum Gasteiger partial charge on any atom is 0.258 e. The monoisotopic (exact) mass is 360 g/mol. The van der Waals surface area contributed by atoms with Crippen molar-refractivity contribution >= 4 is 23.2 Å². The lowest BCUT2D eigenvalue weighted by Gasteiger charge is -2.23. The number of carbonyl (C=O) groups is 2. The maximum atomic E-state index is 12.5. The predicted octanol–water partition coefficient (Wildman–Crippen LogP) is 3.15. The Morgan fingerprint density at radius 1 is 1.04 bits per heavy atom. The van der Waals surface area contributed by atoms with Crippen molar-refractivity contribution in [3.63, 3.8) is 0 Å². The number of para-hydroxylation sites is 1. The number of nitrogens with one attached hydrogen (secondary N) is 2. The summed E-state index contributed by atoms with van der Waals surface area (Å²) in [6.07, 6.45) is 0. The van der Waals surface area contributed by atoms with Crippen LogP contribution < -0.4 is 15.4 Å². The Balaban J connectivity index is 1.88. The molecule has 5 nitrogen and oxygen atoms in total. The van der Waals surface area contributed by atoms with E-state index in [1.165, 1.54) is 0 Å². The first-order valence-corrected chi connectivity index (χ1v) is 9.16. The van der Waals surface area contributed by atoms with Crippen LogP contribution in [0.5, 0.6) is 5.75 Å². The predicted molar refractivity (Wildman–Crippen MR) is 99.6 cm³/mol. The lowest BCUT2D eigenvalue weighted by atomic mass is 10.0. The molecule has 1 heterocycles. The van der Waals surface area contributed by atoms with Crippen LogP contribution in [0.1, 0.15) is 31.7 Å². The van der Waals surface area contributed by atoms with Gasteiger partial charge in [0, 0.05) is 4.88 Å². The highest BCUT2D eigenvalue weighted by atomic mass is 32.1. The van der Waals surface area contributed by atoms with Gasteiger partial charge in [0.15, 0.2) is 6.61 Å². The summed E-state index contributed by atoms with van der Waals surface area (Å²) in [5.74, 6) is 0.0798. The summed E-state index contributed by atoms with van der Waals surface area (Å²) in [6, 6.07) is 12.3. The molecule has 0 spiro atoms. The van der Waals surface area contributed by atoms with E-state index in [0.717, 1.165) is 4.88 Å². The molecular formula is C19H24N2O3S. The van der Waals surface area contributed by atoms with E-state index in [1.54, 1.807) is 23.5 Å². The highest BCUT2D eigenvalue weighted by Crippen LogP contribution is 2.18. The van der Waals surface area contributed by atoms with Crippen molar-refractivity contribution in [2.75, 3.05) is 6.61 Å². The second-order valence-corrected chi connectivity index (χ2v) is 7.12. The van der Waals surface area contributed by atoms with Gasteiger partial charge in [-0.1, -0.05) is 38.1 Å². The van der Waals surface area contributed by atoms with E-state index < -0.39 is 6.04 Å². The zero-order valence-corrected chi connectivity index (χ0v) is 15.5. The molecule has 25 heavy (non-hydrogen) atoms. The Bertz CT molecular complexity index is 671. The zero-order chi connectivity index (χ0) is 18.2. The molecular weight excluding hydrogens is 336 g/mol. The van der Waals surface area contributed by atoms with Gasteiger partial charge in [0.05, 0.1) is 6.04 Å². The summed E-state index contributed by atoms with van der Waals surface area (Å²) in [7, 11) is 0. The van der Waals surface area contributed by atoms with Crippen molar-refractivity contribution in [2.24, 2.45) is 5.92 Å². The third-order valence-electron chi connectivity index (χ3n) is 3.71. The van der Waals surface area contributed by atoms with Crippen molar-refractivity contribution < 1.29 is 14.3 Å². The Morgan fingerprint density at radius 2 is 1.76 bits per heavy atom. The van der Waals surface area contributed by atoms with Crippen LogP contribution in [-0.4, -0.2) is 24.5 Å². The second-order valence-electron chi connectivity index (χ2n) is 6.14. The number of benzene rings is 1. The number of carbonyl (C=O) groups excluding carboxylic acids is 2. The average Bonchev–Trinajstić information content (AvgIpc) is 3.13. The lowest BCUT2D eigenvalue weighted by Crippen LogP contribution is -2.51. The van der Waals surface area contributed by atoms with Crippen LogP contribution >= 0.6 is 11.3 Å². The van der Waals surface area contributed by atoms with E-state index in [1.807, 2.05) is 56.5 Å². The molecule has 0 fully saturated rings. The van der Waals surface area contributed by atoms with Gasteiger partial charge < -0.3 is 15.4 Å². The molecule has 2 rings (SSSR count). The summed E-state index contributed by atoms with van der Waals surface area (Å²) < 4.78 is 5.43. The molecule has 1 aromatic carbocycles. The molecule has 0 aliphatic carbocycles. The molecule has 2 aromatic rings. The fourth-order valence-corrected chi connectivity index (χ4v) is 3.06. The minimum Gasteiger partial charge on any atom is -0.484 e. The van der Waals surface area contributed by atoms with Gasteiger partial charge in [-0.15, -0.1) is 11.3 Å². The minimum atomic E-state index is -0.603. The van der Waals surface area contributed by atoms with Crippen LogP contribution in [0.25, 0.3) is 0 Å². The molecule has 0 bridgehead atoms. The van der Waals surface area contributed by atoms with Gasteiger partial charge in [0.25, 0.3) is 5.91 Å². The van der Waals surface area contributed by atoms with Crippen LogP contribution in [0.2, 0.25) is 0 Å². The first kappa shape index (κ1) is 19.0. The van der Waals surface area contributed by atoms with Crippen molar-refractivity contribution in [1.82, 2.24) is 10.6 Å². The Morgan fingerprint density at radius 3 is 2.36 bits per heavy atom. The molecule has 0 aliphatic heterocycles. The molecule has 2 N–H and O–H groups in total. The largest absolute Gasteiger partial charge is 0.484 e. The summed E-state index contributed by atoms with van der Waals surface area (Å²) in [6.45, 7) is 5.61. The van der Waals surface area contributed by atoms with E-state index in [-0.39, 0.29) is 30.4 Å². The third-order valence-corrected chi connectivity index (χ3v) is 4.76. The Kier molecular flexibility index (Phi) is 7.01. The van der Waals surface area contributed by atoms with Gasteiger partial charge in [0.2, 0.25) is 5.91 Å². The minimum absolute atomic E-state index is 0.0313. The van der Waals surface area contributed by atoms with Crippen LogP contribution in [0, 0.1) is 5.92 Å². The summed E-state index contributed by atoms with van der Waals surface area (Å²) >= 11 is 1.59. The molecule has 0 saturated heterocycles. The first-order valence-electron chi connectivity index (χ1n) is 8.28. The third kappa shape index (κ3) is 5.90. The summed E-state index contributed by atoms with van der Waals surface area (Å²) in [4.78, 5) is 25.8. The molecule has 0 radical (unpaired) electrons. The molecule has 0 aliphatic rings. The highest BCUT2D eigenvalue weighted by Gasteiger charge is 2.25. The topological polar surface area (TPSA) is 67.4 Å². The van der Waals surface area contributed by atoms with Gasteiger partial charge in [-0.05, 0) is 36.4 Å². The number of hydrogen-bond donors (Lipinski definition) is 2. The number of rotatable bonds is 8. The zero-order valence-electron chi connectivity index (χ0n) is 14.7. The fourth-order valence-electron chi connectivity index (χ4n) is 2.33. The molecule has 134 valence electrons. The van der Waals surface area contributed by atoms with Crippen LogP contribution in [0.4, 0.5) is 0 Å². The van der Waals surface area contributed by atoms with E-state index >= 15 is 0 Å². The van der Waals surface area contributed by atoms with E-state index in [0.29, 0.717) is 5.75 Å². The Hall–Kier alpha value is -2.34. The van der Waals surface area contributed by atoms with Gasteiger partial charge in [-0.2, -0.15) is 0 Å². The van der Waals surface area contributed by atoms with Crippen LogP contribution in [-0.2, 0) is 9.59 Å². The first-order chi connectivity index (χ1) is 12.0. The Labute approximate surface area is 152 Å². The number of hydrogen-bond acceptors (Lipinski definition) is 4. The standard InChI is InChI=1S/C19H24N2O3S/c1-13(2)18(19(23)20-14(3)16-10-7-11-25-16)21-17(22)12-24-15-8-5-4-6-9-15/h4-11,13-14,18H,12H2,1-3H3,(H,20,23)(H,21,22). The summed E-state index contributed by atoms with van der Waals surface area (Å²) in [5.41, 5.74) is 0. The molecule has 2 atom stereocenters. The van der Waals surface area contributed by atoms with Crippen molar-refractivity contribution in [2.45, 2.75) is 32.9 Å². The average molecular weight is 360 g/mol. The van der Waals surface area contributed by atoms with Gasteiger partial charge >= 0.3 is 0 Å².